The Morgan fingerprint density at radius 2 is 0.488 bits per heavy atom. The van der Waals surface area contributed by atoms with Gasteiger partial charge in [-0.3, -0.25) is 0 Å². The van der Waals surface area contributed by atoms with Crippen LogP contribution in [0.5, 0.6) is 0 Å². The fraction of sp³-hybridized carbons (Fsp3) is 0.938. The van der Waals surface area contributed by atoms with Gasteiger partial charge in [0.25, 0.3) is 0 Å². The van der Waals surface area contributed by atoms with Crippen molar-refractivity contribution < 1.29 is 96.1 Å². The molecule has 1 saturated heterocycles. The normalized spacial score (nSPS) is 20.8. The Morgan fingerprint density at radius 1 is 0.291 bits per heavy atom. The SMILES string of the molecule is C.CCCCn1c(=O)n(CCC[Si](OC)(OC)OC)c(=O)n(CCC[Si](OC)(OC)OC)c1=O.CCC[Si](OC)(OC)OC.CCC[Si]1(C)O[Si](C)(CC[Si](OC)(OC)OC)O[Si](C)(CC[Si](OC)(OC)OC)O[Si](C)(CC[Si](OC)(OC)OC)O1. The van der Waals surface area contributed by atoms with Gasteiger partial charge in [-0.2, -0.15) is 0 Å². The summed E-state index contributed by atoms with van der Waals surface area (Å²) in [5.74, 6) is 0. The van der Waals surface area contributed by atoms with Crippen molar-refractivity contribution in [2.45, 2.75) is 173 Å². The molecule has 1 aliphatic heterocycles. The number of hydrogen-bond acceptors (Lipinski definition) is 25. The van der Waals surface area contributed by atoms with E-state index in [4.69, 9.17) is 96.1 Å². The summed E-state index contributed by atoms with van der Waals surface area (Å²) in [6, 6.07) is 5.91. The fourth-order valence-electron chi connectivity index (χ4n) is 10.0. The quantitative estimate of drug-likeness (QED) is 0.0608. The molecule has 514 valence electrons. The minimum atomic E-state index is -3.01. The third-order valence-corrected chi connectivity index (χ3v) is 52.1. The molecule has 0 spiro atoms. The van der Waals surface area contributed by atoms with Crippen LogP contribution in [-0.2, 0) is 116 Å². The Balaban J connectivity index is 0. The summed E-state index contributed by atoms with van der Waals surface area (Å²) in [5, 5.41) is 0. The molecular formula is C48H117N3O25Si10. The van der Waals surface area contributed by atoms with Crippen LogP contribution >= 0.6 is 0 Å². The predicted molar refractivity (Wildman–Crippen MR) is 350 cm³/mol. The first-order valence-electron chi connectivity index (χ1n) is 28.7. The van der Waals surface area contributed by atoms with Crippen molar-refractivity contribution in [3.05, 3.63) is 31.5 Å². The molecule has 0 aromatic carbocycles. The highest BCUT2D eigenvalue weighted by Crippen LogP contribution is 2.41. The van der Waals surface area contributed by atoms with Crippen molar-refractivity contribution in [2.75, 3.05) is 128 Å². The number of aromatic nitrogens is 3. The van der Waals surface area contributed by atoms with E-state index in [0.29, 0.717) is 67.6 Å². The van der Waals surface area contributed by atoms with Crippen LogP contribution in [0.25, 0.3) is 0 Å². The van der Waals surface area contributed by atoms with Gasteiger partial charge in [-0.15, -0.1) is 0 Å². The largest absolute Gasteiger partial charge is 0.500 e. The number of hydrogen-bond donors (Lipinski definition) is 0. The molecule has 0 radical (unpaired) electrons. The van der Waals surface area contributed by atoms with Crippen LogP contribution in [0.1, 0.15) is 66.7 Å². The molecule has 0 saturated carbocycles. The fourth-order valence-corrected chi connectivity index (χ4v) is 48.6. The summed E-state index contributed by atoms with van der Waals surface area (Å²) in [7, 11) is 0.242. The minimum Gasteiger partial charge on any atom is -0.416 e. The first-order chi connectivity index (χ1) is 40.0. The van der Waals surface area contributed by atoms with E-state index in [1.165, 1.54) is 42.7 Å². The molecule has 0 N–H and O–H groups in total. The molecule has 28 nitrogen and oxygen atoms in total. The second kappa shape index (κ2) is 42.1. The summed E-state index contributed by atoms with van der Waals surface area (Å²) < 4.78 is 132. The van der Waals surface area contributed by atoms with Crippen LogP contribution in [0.2, 0.25) is 86.6 Å². The molecular weight excluding hydrogens is 1300 g/mol. The zero-order chi connectivity index (χ0) is 65.5. The van der Waals surface area contributed by atoms with Gasteiger partial charge in [-0.1, -0.05) is 47.5 Å². The second-order valence-electron chi connectivity index (χ2n) is 20.6. The number of nitrogens with zero attached hydrogens (tertiary/aromatic N) is 3. The average molecular weight is 1420 g/mol. The van der Waals surface area contributed by atoms with Crippen LogP contribution in [0, 0.1) is 0 Å². The lowest BCUT2D eigenvalue weighted by molar-refractivity contribution is 0.121. The van der Waals surface area contributed by atoms with Crippen LogP contribution in [-0.4, -0.2) is 229 Å². The maximum absolute atomic E-state index is 13.1. The summed E-state index contributed by atoms with van der Waals surface area (Å²) in [6.07, 6.45) is 4.22. The van der Waals surface area contributed by atoms with Crippen molar-refractivity contribution >= 4 is 87.1 Å². The van der Waals surface area contributed by atoms with Crippen LogP contribution in [0.15, 0.2) is 14.4 Å². The zero-order valence-corrected chi connectivity index (χ0v) is 66.5. The molecule has 1 aromatic rings. The summed E-state index contributed by atoms with van der Waals surface area (Å²) >= 11 is 0. The summed E-state index contributed by atoms with van der Waals surface area (Å²) in [5.41, 5.74) is -1.86. The summed E-state index contributed by atoms with van der Waals surface area (Å²) in [4.78, 5) is 39.1. The van der Waals surface area contributed by atoms with Gasteiger partial charge < -0.3 is 96.1 Å². The lowest BCUT2D eigenvalue weighted by atomic mass is 10.3. The first-order valence-corrected chi connectivity index (χ1v) is 50.4. The lowest BCUT2D eigenvalue weighted by Gasteiger charge is -2.51. The van der Waals surface area contributed by atoms with E-state index in [1.54, 1.807) is 85.3 Å². The van der Waals surface area contributed by atoms with Crippen LogP contribution < -0.4 is 17.1 Å². The Kier molecular flexibility index (Phi) is 43.0. The third kappa shape index (κ3) is 25.9. The van der Waals surface area contributed by atoms with E-state index in [9.17, 15) is 14.4 Å². The second-order valence-corrected chi connectivity index (χ2v) is 53.5. The molecule has 1 aliphatic rings. The first kappa shape index (κ1) is 87.8. The molecule has 2 heterocycles. The Labute approximate surface area is 526 Å². The van der Waals surface area contributed by atoms with Crippen molar-refractivity contribution in [1.29, 1.82) is 0 Å². The molecule has 1 fully saturated rings. The van der Waals surface area contributed by atoms with Gasteiger partial charge in [0.05, 0.1) is 0 Å². The van der Waals surface area contributed by atoms with Crippen molar-refractivity contribution in [1.82, 2.24) is 13.7 Å². The van der Waals surface area contributed by atoms with Crippen molar-refractivity contribution in [3.8, 4) is 0 Å². The number of unbranched alkanes of at least 4 members (excludes halogenated alkanes) is 1. The minimum absolute atomic E-state index is 0. The standard InChI is InChI=1S/C22H58O13Si7.C19H39N3O9Si2.C6H16O3Si.CH4/c1-15-16-36(11)32-37(12,17-20-40(23-2,24-3)25-4)34-39(14,19-22-42(29-8,30-9)31-10)35-38(13,33-36)18-21-41(26-5,27-6)28-7;1-8-9-12-20-17(23)21(13-10-15-32(26-2,27-3)28-4)19(25)22(18(20)24)14-11-16-33(29-5,30-6)31-7;1-5-6-10(7-2,8-3)9-4;/h15-22H2,1-14H3;8-16H2,1-7H3;5-6H2,1-4H3;1H4. The van der Waals surface area contributed by atoms with Gasteiger partial charge in [0.2, 0.25) is 0 Å². The average Bonchev–Trinajstić information content (AvgIpc) is 1.30. The zero-order valence-electron chi connectivity index (χ0n) is 56.5. The molecule has 2 atom stereocenters. The van der Waals surface area contributed by atoms with Gasteiger partial charge in [0.1, 0.15) is 0 Å². The molecule has 86 heavy (non-hydrogen) atoms. The molecule has 0 bridgehead atoms. The highest BCUT2D eigenvalue weighted by molar-refractivity contribution is 6.94. The molecule has 0 amide bonds. The molecule has 0 aliphatic carbocycles. The van der Waals surface area contributed by atoms with E-state index >= 15 is 0 Å². The number of rotatable bonds is 42. The van der Waals surface area contributed by atoms with Gasteiger partial charge in [0.15, 0.2) is 0 Å². The monoisotopic (exact) mass is 1420 g/mol. The lowest BCUT2D eigenvalue weighted by Crippen LogP contribution is -2.68. The highest BCUT2D eigenvalue weighted by Gasteiger charge is 2.59. The Morgan fingerprint density at radius 3 is 0.674 bits per heavy atom. The Bertz CT molecular complexity index is 2000. The topological polar surface area (TPSA) is 269 Å². The van der Waals surface area contributed by atoms with E-state index < -0.39 is 104 Å². The molecule has 1 aromatic heterocycles. The van der Waals surface area contributed by atoms with Gasteiger partial charge in [0, 0.05) is 184 Å². The van der Waals surface area contributed by atoms with E-state index in [1.807, 2.05) is 6.92 Å². The Hall–Kier alpha value is -0.301. The van der Waals surface area contributed by atoms with E-state index in [2.05, 4.69) is 40.0 Å². The smallest absolute Gasteiger partial charge is 0.416 e. The van der Waals surface area contributed by atoms with Gasteiger partial charge >= 0.3 is 104 Å². The van der Waals surface area contributed by atoms with E-state index in [-0.39, 0.29) is 27.1 Å². The molecule has 2 unspecified atom stereocenters. The van der Waals surface area contributed by atoms with Crippen LogP contribution in [0.4, 0.5) is 0 Å². The predicted octanol–water partition coefficient (Wildman–Crippen LogP) is 6.82. The van der Waals surface area contributed by atoms with Crippen LogP contribution in [0.3, 0.4) is 0 Å². The van der Waals surface area contributed by atoms with Gasteiger partial charge in [-0.25, -0.2) is 28.1 Å². The highest BCUT2D eigenvalue weighted by atomic mass is 28.5. The van der Waals surface area contributed by atoms with Gasteiger partial charge in [-0.05, 0) is 69.6 Å². The molecule has 2 rings (SSSR count). The summed E-state index contributed by atoms with van der Waals surface area (Å²) in [6.45, 7) is 15.1. The maximum atomic E-state index is 13.1. The third-order valence-electron chi connectivity index (χ3n) is 15.1. The van der Waals surface area contributed by atoms with E-state index in [0.717, 1.165) is 45.1 Å². The van der Waals surface area contributed by atoms with Crippen molar-refractivity contribution in [3.63, 3.8) is 0 Å². The maximum Gasteiger partial charge on any atom is 0.500 e. The van der Waals surface area contributed by atoms with Crippen molar-refractivity contribution in [2.24, 2.45) is 0 Å². The molecule has 38 heteroatoms.